The summed E-state index contributed by atoms with van der Waals surface area (Å²) in [5, 5.41) is 2.40. The lowest BCUT2D eigenvalue weighted by Crippen LogP contribution is -1.81. The van der Waals surface area contributed by atoms with Gasteiger partial charge in [0.25, 0.3) is 0 Å². The number of H-pyrrole nitrogens is 1. The van der Waals surface area contributed by atoms with Crippen molar-refractivity contribution in [2.45, 2.75) is 0 Å². The molecule has 0 amide bonds. The maximum atomic E-state index is 4.53. The quantitative estimate of drug-likeness (QED) is 0.558. The van der Waals surface area contributed by atoms with Crippen LogP contribution in [0.15, 0.2) is 59.2 Å². The minimum Gasteiger partial charge on any atom is -0.337 e. The maximum absolute atomic E-state index is 4.53. The highest BCUT2D eigenvalue weighted by molar-refractivity contribution is 9.10. The van der Waals surface area contributed by atoms with E-state index in [0.717, 1.165) is 27.0 Å². The minimum absolute atomic E-state index is 0.749. The van der Waals surface area contributed by atoms with Crippen molar-refractivity contribution in [1.29, 1.82) is 0 Å². The zero-order valence-electron chi connectivity index (χ0n) is 10.5. The van der Waals surface area contributed by atoms with Crippen LogP contribution in [0.5, 0.6) is 0 Å². The number of imidazole rings is 1. The number of nitrogens with one attached hydrogen (secondary N) is 1. The van der Waals surface area contributed by atoms with Gasteiger partial charge < -0.3 is 4.98 Å². The third-order valence-electron chi connectivity index (χ3n) is 3.33. The van der Waals surface area contributed by atoms with Crippen LogP contribution in [0.3, 0.4) is 0 Å². The van der Waals surface area contributed by atoms with Crippen LogP contribution >= 0.6 is 15.9 Å². The summed E-state index contributed by atoms with van der Waals surface area (Å²) in [6, 6.07) is 16.5. The van der Waals surface area contributed by atoms with Crippen molar-refractivity contribution in [3.8, 4) is 11.4 Å². The lowest BCUT2D eigenvalue weighted by atomic mass is 10.1. The Bertz CT molecular complexity index is 894. The third-order valence-corrected chi connectivity index (χ3v) is 3.83. The van der Waals surface area contributed by atoms with Crippen molar-refractivity contribution in [3.05, 3.63) is 59.2 Å². The number of benzene rings is 2. The van der Waals surface area contributed by atoms with Gasteiger partial charge in [0, 0.05) is 16.2 Å². The summed E-state index contributed by atoms with van der Waals surface area (Å²) in [5.74, 6) is 0.850. The molecule has 0 aliphatic carbocycles. The standard InChI is InChI=1S/C16H10BrN3/c17-13-6-5-10-8-12(4-3-11(10)9-13)15-19-14-2-1-7-18-16(14)20-15/h1-9H,(H,18,19,20). The number of hydrogen-bond donors (Lipinski definition) is 1. The summed E-state index contributed by atoms with van der Waals surface area (Å²) in [6.45, 7) is 0. The van der Waals surface area contributed by atoms with Crippen LogP contribution in [0.25, 0.3) is 33.3 Å². The molecule has 0 spiro atoms. The Balaban J connectivity index is 1.90. The number of rotatable bonds is 1. The molecule has 0 radical (unpaired) electrons. The van der Waals surface area contributed by atoms with Gasteiger partial charge >= 0.3 is 0 Å². The van der Waals surface area contributed by atoms with Crippen LogP contribution in [0.4, 0.5) is 0 Å². The Morgan fingerprint density at radius 2 is 1.80 bits per heavy atom. The average molecular weight is 324 g/mol. The first-order chi connectivity index (χ1) is 9.79. The van der Waals surface area contributed by atoms with Crippen LogP contribution in [0.1, 0.15) is 0 Å². The highest BCUT2D eigenvalue weighted by Crippen LogP contribution is 2.26. The first kappa shape index (κ1) is 11.6. The predicted molar refractivity (Wildman–Crippen MR) is 84.5 cm³/mol. The van der Waals surface area contributed by atoms with Gasteiger partial charge in [-0.1, -0.05) is 34.1 Å². The van der Waals surface area contributed by atoms with Crippen molar-refractivity contribution in [2.24, 2.45) is 0 Å². The molecule has 0 fully saturated rings. The first-order valence-corrected chi connectivity index (χ1v) is 7.09. The molecule has 1 N–H and O–H groups in total. The molecule has 2 aromatic heterocycles. The normalized spacial score (nSPS) is 11.2. The topological polar surface area (TPSA) is 41.6 Å². The van der Waals surface area contributed by atoms with Gasteiger partial charge in [-0.05, 0) is 41.1 Å². The molecule has 2 heterocycles. The smallest absolute Gasteiger partial charge is 0.178 e. The number of fused-ring (bicyclic) bond motifs is 2. The van der Waals surface area contributed by atoms with Gasteiger partial charge in [-0.15, -0.1) is 0 Å². The lowest BCUT2D eigenvalue weighted by Gasteiger charge is -2.01. The molecule has 0 bridgehead atoms. The summed E-state index contributed by atoms with van der Waals surface area (Å²) >= 11 is 3.49. The van der Waals surface area contributed by atoms with Gasteiger partial charge in [0.15, 0.2) is 5.65 Å². The zero-order chi connectivity index (χ0) is 13.5. The molecule has 3 nitrogen and oxygen atoms in total. The lowest BCUT2D eigenvalue weighted by molar-refractivity contribution is 1.30. The summed E-state index contributed by atoms with van der Waals surface area (Å²) in [6.07, 6.45) is 1.75. The average Bonchev–Trinajstić information content (AvgIpc) is 2.90. The second-order valence-electron chi connectivity index (χ2n) is 4.67. The minimum atomic E-state index is 0.749. The second kappa shape index (κ2) is 4.42. The van der Waals surface area contributed by atoms with Gasteiger partial charge in [0.05, 0.1) is 5.52 Å². The van der Waals surface area contributed by atoms with Crippen molar-refractivity contribution in [2.75, 3.05) is 0 Å². The summed E-state index contributed by atoms with van der Waals surface area (Å²) in [7, 11) is 0. The molecule has 4 rings (SSSR count). The molecule has 0 atom stereocenters. The van der Waals surface area contributed by atoms with E-state index in [1.165, 1.54) is 10.8 Å². The molecule has 96 valence electrons. The molecule has 20 heavy (non-hydrogen) atoms. The molecule has 0 saturated heterocycles. The molecule has 0 unspecified atom stereocenters. The number of aromatic nitrogens is 3. The van der Waals surface area contributed by atoms with Crippen LogP contribution in [-0.4, -0.2) is 15.0 Å². The fraction of sp³-hybridized carbons (Fsp3) is 0. The van der Waals surface area contributed by atoms with Crippen molar-refractivity contribution in [3.63, 3.8) is 0 Å². The fourth-order valence-electron chi connectivity index (χ4n) is 2.35. The van der Waals surface area contributed by atoms with Gasteiger partial charge in [-0.2, -0.15) is 0 Å². The zero-order valence-corrected chi connectivity index (χ0v) is 12.1. The molecule has 4 aromatic rings. The summed E-state index contributed by atoms with van der Waals surface area (Å²) in [4.78, 5) is 12.1. The number of halogens is 1. The van der Waals surface area contributed by atoms with Crippen molar-refractivity contribution in [1.82, 2.24) is 15.0 Å². The Labute approximate surface area is 123 Å². The molecule has 0 aliphatic rings. The van der Waals surface area contributed by atoms with E-state index < -0.39 is 0 Å². The molecule has 2 aromatic carbocycles. The van der Waals surface area contributed by atoms with E-state index in [9.17, 15) is 0 Å². The van der Waals surface area contributed by atoms with Crippen molar-refractivity contribution < 1.29 is 0 Å². The highest BCUT2D eigenvalue weighted by atomic mass is 79.9. The maximum Gasteiger partial charge on any atom is 0.178 e. The monoisotopic (exact) mass is 323 g/mol. The largest absolute Gasteiger partial charge is 0.337 e. The Hall–Kier alpha value is -2.20. The molecule has 0 saturated carbocycles. The second-order valence-corrected chi connectivity index (χ2v) is 5.58. The van der Waals surface area contributed by atoms with E-state index in [1.807, 2.05) is 18.2 Å². The van der Waals surface area contributed by atoms with Gasteiger partial charge in [-0.25, -0.2) is 9.97 Å². The summed E-state index contributed by atoms with van der Waals surface area (Å²) < 4.78 is 1.09. The SMILES string of the molecule is Brc1ccc2cc(-c3nc4ncccc4[nH]3)ccc2c1. The number of aromatic amines is 1. The highest BCUT2D eigenvalue weighted by Gasteiger charge is 2.06. The van der Waals surface area contributed by atoms with Crippen LogP contribution in [-0.2, 0) is 0 Å². The fourth-order valence-corrected chi connectivity index (χ4v) is 2.72. The van der Waals surface area contributed by atoms with E-state index in [1.54, 1.807) is 6.20 Å². The number of pyridine rings is 1. The van der Waals surface area contributed by atoms with E-state index in [4.69, 9.17) is 0 Å². The Morgan fingerprint density at radius 3 is 2.70 bits per heavy atom. The third kappa shape index (κ3) is 1.89. The van der Waals surface area contributed by atoms with Gasteiger partial charge in [0.2, 0.25) is 0 Å². The molecular formula is C16H10BrN3. The van der Waals surface area contributed by atoms with Crippen LogP contribution in [0, 0.1) is 0 Å². The Morgan fingerprint density at radius 1 is 0.950 bits per heavy atom. The van der Waals surface area contributed by atoms with Gasteiger partial charge in [0.1, 0.15) is 5.82 Å². The van der Waals surface area contributed by atoms with Crippen LogP contribution in [0.2, 0.25) is 0 Å². The van der Waals surface area contributed by atoms with E-state index in [-0.39, 0.29) is 0 Å². The van der Waals surface area contributed by atoms with Crippen molar-refractivity contribution >= 4 is 37.9 Å². The first-order valence-electron chi connectivity index (χ1n) is 6.30. The molecular weight excluding hydrogens is 314 g/mol. The predicted octanol–water partition coefficient (Wildman–Crippen LogP) is 4.54. The molecule has 0 aliphatic heterocycles. The number of hydrogen-bond acceptors (Lipinski definition) is 2. The van der Waals surface area contributed by atoms with E-state index in [0.29, 0.717) is 0 Å². The number of nitrogens with zero attached hydrogens (tertiary/aromatic N) is 2. The Kier molecular flexibility index (Phi) is 2.57. The van der Waals surface area contributed by atoms with Gasteiger partial charge in [-0.3, -0.25) is 0 Å². The molecule has 4 heteroatoms. The summed E-state index contributed by atoms with van der Waals surface area (Å²) in [5.41, 5.74) is 2.77. The van der Waals surface area contributed by atoms with E-state index in [2.05, 4.69) is 61.2 Å². The van der Waals surface area contributed by atoms with Crippen LogP contribution < -0.4 is 0 Å². The van der Waals surface area contributed by atoms with E-state index >= 15 is 0 Å².